The standard InChI is InChI=1S/C17H18Cl2N2O4S/c1-11(15-10-13(19)6-9-16(15)25-3)20-17(22)21(2)26(23,24)14-7-4-12(18)5-8-14/h4-11H,1-3H3,(H,20,22). The summed E-state index contributed by atoms with van der Waals surface area (Å²) < 4.78 is 31.0. The van der Waals surface area contributed by atoms with E-state index in [9.17, 15) is 13.2 Å². The fourth-order valence-corrected chi connectivity index (χ4v) is 3.65. The van der Waals surface area contributed by atoms with Crippen molar-refractivity contribution in [2.45, 2.75) is 17.9 Å². The van der Waals surface area contributed by atoms with Crippen molar-refractivity contribution in [1.82, 2.24) is 9.62 Å². The fourth-order valence-electron chi connectivity index (χ4n) is 2.27. The second kappa shape index (κ2) is 8.16. The molecule has 0 saturated carbocycles. The lowest BCUT2D eigenvalue weighted by Gasteiger charge is -2.22. The molecule has 0 aliphatic heterocycles. The molecule has 1 N–H and O–H groups in total. The van der Waals surface area contributed by atoms with E-state index in [1.165, 1.54) is 38.4 Å². The van der Waals surface area contributed by atoms with Crippen LogP contribution in [0, 0.1) is 0 Å². The molecule has 0 radical (unpaired) electrons. The second-order valence-corrected chi connectivity index (χ2v) is 8.33. The average molecular weight is 417 g/mol. The Kier molecular flexibility index (Phi) is 6.39. The van der Waals surface area contributed by atoms with Crippen LogP contribution in [0.2, 0.25) is 10.0 Å². The van der Waals surface area contributed by atoms with Crippen molar-refractivity contribution in [3.05, 3.63) is 58.1 Å². The molecule has 0 aromatic heterocycles. The van der Waals surface area contributed by atoms with Crippen molar-refractivity contribution < 1.29 is 17.9 Å². The SMILES string of the molecule is COc1ccc(Cl)cc1C(C)NC(=O)N(C)S(=O)(=O)c1ccc(Cl)cc1. The number of benzene rings is 2. The van der Waals surface area contributed by atoms with Crippen LogP contribution in [-0.4, -0.2) is 32.9 Å². The third-order valence-electron chi connectivity index (χ3n) is 3.76. The number of urea groups is 1. The number of hydrogen-bond donors (Lipinski definition) is 1. The van der Waals surface area contributed by atoms with Gasteiger partial charge in [0.25, 0.3) is 10.0 Å². The summed E-state index contributed by atoms with van der Waals surface area (Å²) in [6.07, 6.45) is 0. The minimum Gasteiger partial charge on any atom is -0.496 e. The first-order chi connectivity index (χ1) is 12.2. The highest BCUT2D eigenvalue weighted by Gasteiger charge is 2.27. The molecule has 0 saturated heterocycles. The van der Waals surface area contributed by atoms with Gasteiger partial charge in [0.15, 0.2) is 0 Å². The van der Waals surface area contributed by atoms with Crippen LogP contribution in [0.1, 0.15) is 18.5 Å². The average Bonchev–Trinajstić information content (AvgIpc) is 2.61. The molecule has 0 aliphatic carbocycles. The maximum atomic E-state index is 12.6. The highest BCUT2D eigenvalue weighted by Crippen LogP contribution is 2.28. The van der Waals surface area contributed by atoms with E-state index in [1.54, 1.807) is 25.1 Å². The van der Waals surface area contributed by atoms with Crippen LogP contribution in [0.15, 0.2) is 47.4 Å². The summed E-state index contributed by atoms with van der Waals surface area (Å²) in [5, 5.41) is 3.50. The molecule has 1 atom stereocenters. The van der Waals surface area contributed by atoms with Crippen LogP contribution in [0.25, 0.3) is 0 Å². The summed E-state index contributed by atoms with van der Waals surface area (Å²) in [5.74, 6) is 0.533. The monoisotopic (exact) mass is 416 g/mol. The van der Waals surface area contributed by atoms with Crippen molar-refractivity contribution in [1.29, 1.82) is 0 Å². The van der Waals surface area contributed by atoms with Crippen LogP contribution in [0.4, 0.5) is 4.79 Å². The lowest BCUT2D eigenvalue weighted by Crippen LogP contribution is -2.42. The molecule has 2 rings (SSSR count). The fraction of sp³-hybridized carbons (Fsp3) is 0.235. The number of sulfonamides is 1. The molecule has 0 aliphatic rings. The predicted molar refractivity (Wildman–Crippen MR) is 101 cm³/mol. The summed E-state index contributed by atoms with van der Waals surface area (Å²) in [6.45, 7) is 1.70. The number of hydrogen-bond acceptors (Lipinski definition) is 4. The van der Waals surface area contributed by atoms with Gasteiger partial charge in [0, 0.05) is 22.7 Å². The highest BCUT2D eigenvalue weighted by molar-refractivity contribution is 7.89. The Hall–Kier alpha value is -1.96. The van der Waals surface area contributed by atoms with Gasteiger partial charge < -0.3 is 10.1 Å². The van der Waals surface area contributed by atoms with E-state index in [4.69, 9.17) is 27.9 Å². The van der Waals surface area contributed by atoms with Crippen molar-refractivity contribution in [2.75, 3.05) is 14.2 Å². The van der Waals surface area contributed by atoms with Crippen LogP contribution in [-0.2, 0) is 10.0 Å². The van der Waals surface area contributed by atoms with E-state index in [2.05, 4.69) is 5.32 Å². The van der Waals surface area contributed by atoms with Crippen LogP contribution < -0.4 is 10.1 Å². The first-order valence-corrected chi connectivity index (χ1v) is 9.75. The van der Waals surface area contributed by atoms with Gasteiger partial charge >= 0.3 is 6.03 Å². The van der Waals surface area contributed by atoms with E-state index in [-0.39, 0.29) is 4.90 Å². The van der Waals surface area contributed by atoms with Crippen molar-refractivity contribution in [3.63, 3.8) is 0 Å². The van der Waals surface area contributed by atoms with E-state index < -0.39 is 22.1 Å². The number of methoxy groups -OCH3 is 1. The molecule has 2 amide bonds. The Morgan fingerprint density at radius 1 is 1.12 bits per heavy atom. The number of halogens is 2. The van der Waals surface area contributed by atoms with Crippen LogP contribution in [0.5, 0.6) is 5.75 Å². The number of ether oxygens (including phenoxy) is 1. The number of carbonyl (C=O) groups excluding carboxylic acids is 1. The molecular weight excluding hydrogens is 399 g/mol. The van der Waals surface area contributed by atoms with Gasteiger partial charge in [-0.2, -0.15) is 0 Å². The largest absolute Gasteiger partial charge is 0.496 e. The van der Waals surface area contributed by atoms with Crippen LogP contribution >= 0.6 is 23.2 Å². The molecule has 9 heteroatoms. The number of nitrogens with zero attached hydrogens (tertiary/aromatic N) is 1. The molecule has 26 heavy (non-hydrogen) atoms. The molecule has 6 nitrogen and oxygen atoms in total. The van der Waals surface area contributed by atoms with Gasteiger partial charge in [-0.15, -0.1) is 0 Å². The van der Waals surface area contributed by atoms with Gasteiger partial charge in [0.05, 0.1) is 18.0 Å². The Morgan fingerprint density at radius 2 is 1.69 bits per heavy atom. The van der Waals surface area contributed by atoms with Gasteiger partial charge in [0.2, 0.25) is 0 Å². The van der Waals surface area contributed by atoms with Gasteiger partial charge in [-0.1, -0.05) is 23.2 Å². The van der Waals surface area contributed by atoms with Crippen molar-refractivity contribution in [2.24, 2.45) is 0 Å². The van der Waals surface area contributed by atoms with Gasteiger partial charge in [-0.3, -0.25) is 0 Å². The topological polar surface area (TPSA) is 75.7 Å². The Labute approximate surface area is 162 Å². The zero-order valence-corrected chi connectivity index (χ0v) is 16.7. The molecule has 2 aromatic rings. The normalized spacial score (nSPS) is 12.3. The number of amides is 2. The summed E-state index contributed by atoms with van der Waals surface area (Å²) in [6, 6.07) is 9.24. The number of nitrogens with one attached hydrogen (secondary N) is 1. The molecular formula is C17H18Cl2N2O4S. The predicted octanol–water partition coefficient (Wildman–Crippen LogP) is 4.09. The van der Waals surface area contributed by atoms with Crippen LogP contribution in [0.3, 0.4) is 0 Å². The molecule has 0 fully saturated rings. The Balaban J connectivity index is 2.21. The maximum Gasteiger partial charge on any atom is 0.331 e. The van der Waals surface area contributed by atoms with Crippen molar-refractivity contribution >= 4 is 39.3 Å². The summed E-state index contributed by atoms with van der Waals surface area (Å²) >= 11 is 11.8. The zero-order chi connectivity index (χ0) is 19.5. The van der Waals surface area contributed by atoms with E-state index in [0.29, 0.717) is 25.7 Å². The maximum absolute atomic E-state index is 12.6. The smallest absolute Gasteiger partial charge is 0.331 e. The number of rotatable bonds is 5. The van der Waals surface area contributed by atoms with Crippen molar-refractivity contribution in [3.8, 4) is 5.75 Å². The molecule has 140 valence electrons. The Bertz CT molecular complexity index is 901. The molecule has 1 unspecified atom stereocenters. The van der Waals surface area contributed by atoms with E-state index in [1.807, 2.05) is 0 Å². The zero-order valence-electron chi connectivity index (χ0n) is 14.4. The lowest BCUT2D eigenvalue weighted by molar-refractivity contribution is 0.225. The highest BCUT2D eigenvalue weighted by atomic mass is 35.5. The molecule has 0 bridgehead atoms. The molecule has 0 spiro atoms. The van der Waals surface area contributed by atoms with Gasteiger partial charge in [-0.05, 0) is 49.4 Å². The number of carbonyl (C=O) groups is 1. The first-order valence-electron chi connectivity index (χ1n) is 7.55. The minimum atomic E-state index is -4.00. The third-order valence-corrected chi connectivity index (χ3v) is 6.00. The summed E-state index contributed by atoms with van der Waals surface area (Å²) in [5.41, 5.74) is 0.630. The molecule has 2 aromatic carbocycles. The van der Waals surface area contributed by atoms with E-state index >= 15 is 0 Å². The molecule has 0 heterocycles. The van der Waals surface area contributed by atoms with Gasteiger partial charge in [0.1, 0.15) is 5.75 Å². The second-order valence-electron chi connectivity index (χ2n) is 5.48. The third kappa shape index (κ3) is 4.41. The lowest BCUT2D eigenvalue weighted by atomic mass is 10.1. The summed E-state index contributed by atoms with van der Waals surface area (Å²) in [7, 11) is -1.32. The van der Waals surface area contributed by atoms with Gasteiger partial charge in [-0.25, -0.2) is 17.5 Å². The minimum absolute atomic E-state index is 0.0347. The first kappa shape index (κ1) is 20.4. The van der Waals surface area contributed by atoms with E-state index in [0.717, 1.165) is 0 Å². The quantitative estimate of drug-likeness (QED) is 0.795. The Morgan fingerprint density at radius 3 is 2.27 bits per heavy atom. The summed E-state index contributed by atoms with van der Waals surface area (Å²) in [4.78, 5) is 12.4.